The van der Waals surface area contributed by atoms with E-state index in [4.69, 9.17) is 5.84 Å². The lowest BCUT2D eigenvalue weighted by molar-refractivity contribution is 0.567. The number of hydrogen-bond donors (Lipinski definition) is 2. The van der Waals surface area contributed by atoms with Crippen LogP contribution in [0.5, 0.6) is 0 Å². The molecule has 2 aromatic heterocycles. The molecule has 0 amide bonds. The van der Waals surface area contributed by atoms with Gasteiger partial charge >= 0.3 is 0 Å². The summed E-state index contributed by atoms with van der Waals surface area (Å²) in [6, 6.07) is 0. The molecule has 3 heterocycles. The summed E-state index contributed by atoms with van der Waals surface area (Å²) < 4.78 is 1.73. The fraction of sp³-hybridized carbons (Fsp3) is 0.455. The third-order valence-electron chi connectivity index (χ3n) is 3.12. The van der Waals surface area contributed by atoms with Gasteiger partial charge in [0.1, 0.15) is 6.33 Å². The molecule has 0 spiro atoms. The van der Waals surface area contributed by atoms with E-state index in [2.05, 4.69) is 30.3 Å². The maximum Gasteiger partial charge on any atom is 0.243 e. The predicted molar refractivity (Wildman–Crippen MR) is 70.8 cm³/mol. The summed E-state index contributed by atoms with van der Waals surface area (Å²) in [4.78, 5) is 19.2. The first-order valence-corrected chi connectivity index (χ1v) is 6.33. The highest BCUT2D eigenvalue weighted by molar-refractivity contribution is 5.39. The highest BCUT2D eigenvalue weighted by atomic mass is 15.4. The summed E-state index contributed by atoms with van der Waals surface area (Å²) in [5.41, 5.74) is 2.49. The van der Waals surface area contributed by atoms with Gasteiger partial charge in [-0.2, -0.15) is 15.0 Å². The van der Waals surface area contributed by atoms with Gasteiger partial charge in [0, 0.05) is 25.5 Å². The molecule has 8 heteroatoms. The smallest absolute Gasteiger partial charge is 0.243 e. The molecule has 1 aliphatic rings. The maximum atomic E-state index is 5.42. The van der Waals surface area contributed by atoms with Crippen LogP contribution in [-0.2, 0) is 0 Å². The van der Waals surface area contributed by atoms with Gasteiger partial charge in [-0.1, -0.05) is 0 Å². The third-order valence-corrected chi connectivity index (χ3v) is 3.12. The minimum Gasteiger partial charge on any atom is -0.341 e. The molecule has 1 fully saturated rings. The van der Waals surface area contributed by atoms with Crippen molar-refractivity contribution in [2.45, 2.75) is 19.3 Å². The van der Waals surface area contributed by atoms with E-state index in [1.54, 1.807) is 23.3 Å². The molecule has 0 unspecified atom stereocenters. The Morgan fingerprint density at radius 2 is 1.84 bits per heavy atom. The van der Waals surface area contributed by atoms with E-state index in [9.17, 15) is 0 Å². The molecule has 1 saturated heterocycles. The molecule has 0 saturated carbocycles. The number of rotatable bonds is 3. The maximum absolute atomic E-state index is 5.42. The molecule has 1 aliphatic heterocycles. The lowest BCUT2D eigenvalue weighted by atomic mass is 10.1. The van der Waals surface area contributed by atoms with Crippen molar-refractivity contribution in [3.05, 3.63) is 18.7 Å². The Kier molecular flexibility index (Phi) is 3.23. The second kappa shape index (κ2) is 5.19. The zero-order chi connectivity index (χ0) is 13.1. The van der Waals surface area contributed by atoms with Gasteiger partial charge in [0.2, 0.25) is 17.8 Å². The summed E-state index contributed by atoms with van der Waals surface area (Å²) in [5.74, 6) is 6.96. The number of hydrazine groups is 1. The normalized spacial score (nSPS) is 15.5. The largest absolute Gasteiger partial charge is 0.341 e. The van der Waals surface area contributed by atoms with Crippen molar-refractivity contribution in [3.63, 3.8) is 0 Å². The van der Waals surface area contributed by atoms with Crippen LogP contribution in [-0.4, -0.2) is 37.6 Å². The van der Waals surface area contributed by atoms with Gasteiger partial charge in [-0.3, -0.25) is 9.99 Å². The molecule has 0 atom stereocenters. The Morgan fingerprint density at radius 1 is 1.05 bits per heavy atom. The van der Waals surface area contributed by atoms with Crippen molar-refractivity contribution < 1.29 is 0 Å². The summed E-state index contributed by atoms with van der Waals surface area (Å²) in [6.07, 6.45) is 8.71. The van der Waals surface area contributed by atoms with Crippen molar-refractivity contribution in [3.8, 4) is 5.95 Å². The van der Waals surface area contributed by atoms with Crippen molar-refractivity contribution >= 4 is 11.9 Å². The Bertz CT molecular complexity index is 532. The van der Waals surface area contributed by atoms with E-state index in [1.807, 2.05) is 0 Å². The monoisotopic (exact) mass is 260 g/mol. The first-order valence-electron chi connectivity index (χ1n) is 6.33. The van der Waals surface area contributed by atoms with Crippen molar-refractivity contribution in [1.82, 2.24) is 24.5 Å². The van der Waals surface area contributed by atoms with Crippen molar-refractivity contribution in [2.24, 2.45) is 5.84 Å². The molecule has 3 N–H and O–H groups in total. The predicted octanol–water partition coefficient (Wildman–Crippen LogP) is 0.333. The molecule has 0 bridgehead atoms. The van der Waals surface area contributed by atoms with Crippen LogP contribution in [0.3, 0.4) is 0 Å². The van der Waals surface area contributed by atoms with Crippen LogP contribution < -0.4 is 16.2 Å². The quantitative estimate of drug-likeness (QED) is 0.606. The lowest BCUT2D eigenvalue weighted by Gasteiger charge is -2.26. The van der Waals surface area contributed by atoms with E-state index in [0.29, 0.717) is 17.8 Å². The summed E-state index contributed by atoms with van der Waals surface area (Å²) >= 11 is 0. The van der Waals surface area contributed by atoms with Crippen LogP contribution >= 0.6 is 0 Å². The first-order chi connectivity index (χ1) is 9.36. The Morgan fingerprint density at radius 3 is 2.53 bits per heavy atom. The minimum atomic E-state index is 0.360. The molecule has 0 radical (unpaired) electrons. The van der Waals surface area contributed by atoms with Gasteiger partial charge in [0.15, 0.2) is 0 Å². The average Bonchev–Trinajstić information content (AvgIpc) is 3.02. The fourth-order valence-electron chi connectivity index (χ4n) is 2.15. The fourth-order valence-corrected chi connectivity index (χ4v) is 2.15. The molecular weight excluding hydrogens is 244 g/mol. The van der Waals surface area contributed by atoms with Gasteiger partial charge in [-0.05, 0) is 19.3 Å². The Balaban J connectivity index is 1.97. The lowest BCUT2D eigenvalue weighted by Crippen LogP contribution is -2.32. The number of imidazole rings is 1. The summed E-state index contributed by atoms with van der Waals surface area (Å²) in [7, 11) is 0. The SMILES string of the molecule is NNc1nc(N2CCCCC2)nc(-n2ccnc2)n1. The Labute approximate surface area is 110 Å². The van der Waals surface area contributed by atoms with E-state index < -0.39 is 0 Å². The molecule has 0 aliphatic carbocycles. The van der Waals surface area contributed by atoms with E-state index >= 15 is 0 Å². The van der Waals surface area contributed by atoms with Crippen molar-refractivity contribution in [2.75, 3.05) is 23.4 Å². The van der Waals surface area contributed by atoms with Gasteiger partial charge < -0.3 is 4.90 Å². The second-order valence-electron chi connectivity index (χ2n) is 4.42. The van der Waals surface area contributed by atoms with Crippen LogP contribution in [0, 0.1) is 0 Å². The van der Waals surface area contributed by atoms with Crippen LogP contribution in [0.25, 0.3) is 5.95 Å². The summed E-state index contributed by atoms with van der Waals surface area (Å²) in [6.45, 7) is 1.94. The zero-order valence-electron chi connectivity index (χ0n) is 10.5. The minimum absolute atomic E-state index is 0.360. The molecular formula is C11H16N8. The number of nitrogens with two attached hydrogens (primary N) is 1. The van der Waals surface area contributed by atoms with Crippen LogP contribution in [0.2, 0.25) is 0 Å². The molecule has 0 aromatic carbocycles. The van der Waals surface area contributed by atoms with Gasteiger partial charge in [-0.15, -0.1) is 0 Å². The second-order valence-corrected chi connectivity index (χ2v) is 4.42. The van der Waals surface area contributed by atoms with Gasteiger partial charge in [0.05, 0.1) is 0 Å². The molecule has 19 heavy (non-hydrogen) atoms. The first kappa shape index (κ1) is 11.8. The number of hydrogen-bond acceptors (Lipinski definition) is 7. The Hall–Kier alpha value is -2.22. The number of nitrogen functional groups attached to an aromatic ring is 1. The molecule has 2 aromatic rings. The topological polar surface area (TPSA) is 97.8 Å². The average molecular weight is 260 g/mol. The van der Waals surface area contributed by atoms with Gasteiger partial charge in [0.25, 0.3) is 0 Å². The number of aromatic nitrogens is 5. The van der Waals surface area contributed by atoms with E-state index in [1.165, 1.54) is 6.42 Å². The van der Waals surface area contributed by atoms with Crippen LogP contribution in [0.1, 0.15) is 19.3 Å². The molecule has 8 nitrogen and oxygen atoms in total. The number of piperidine rings is 1. The van der Waals surface area contributed by atoms with E-state index in [-0.39, 0.29) is 0 Å². The van der Waals surface area contributed by atoms with Crippen molar-refractivity contribution in [1.29, 1.82) is 0 Å². The highest BCUT2D eigenvalue weighted by Crippen LogP contribution is 2.17. The zero-order valence-corrected chi connectivity index (χ0v) is 10.5. The molecule has 3 rings (SSSR count). The highest BCUT2D eigenvalue weighted by Gasteiger charge is 2.16. The number of anilines is 2. The number of nitrogens with zero attached hydrogens (tertiary/aromatic N) is 6. The summed E-state index contributed by atoms with van der Waals surface area (Å²) in [5, 5.41) is 0. The molecule has 100 valence electrons. The van der Waals surface area contributed by atoms with Crippen LogP contribution in [0.15, 0.2) is 18.7 Å². The van der Waals surface area contributed by atoms with E-state index in [0.717, 1.165) is 25.9 Å². The number of nitrogens with one attached hydrogen (secondary N) is 1. The standard InChI is InChI=1S/C11H16N8/c12-17-9-14-10(18-5-2-1-3-6-18)16-11(15-9)19-7-4-13-8-19/h4,7-8H,1-3,5-6,12H2,(H,14,15,16,17). The third kappa shape index (κ3) is 2.48. The van der Waals surface area contributed by atoms with Crippen LogP contribution in [0.4, 0.5) is 11.9 Å². The van der Waals surface area contributed by atoms with Gasteiger partial charge in [-0.25, -0.2) is 10.8 Å².